The molecular weight excluding hydrogens is 416 g/mol. The number of rotatable bonds is 7. The Bertz CT molecular complexity index is 1110. The molecule has 6 nitrogen and oxygen atoms in total. The van der Waals surface area contributed by atoms with Crippen LogP contribution >= 0.6 is 11.6 Å². The molecule has 0 aliphatic rings. The van der Waals surface area contributed by atoms with Crippen molar-refractivity contribution in [2.75, 3.05) is 18.1 Å². The first-order chi connectivity index (χ1) is 14.9. The maximum atomic E-state index is 12.8. The zero-order chi connectivity index (χ0) is 22.4. The van der Waals surface area contributed by atoms with Gasteiger partial charge in [-0.3, -0.25) is 9.59 Å². The van der Waals surface area contributed by atoms with Crippen LogP contribution in [0.3, 0.4) is 0 Å². The normalized spacial score (nSPS) is 11.6. The van der Waals surface area contributed by atoms with E-state index in [1.165, 1.54) is 6.92 Å². The second kappa shape index (κ2) is 10.1. The number of carbonyl (C=O) groups excluding carboxylic acids is 3. The van der Waals surface area contributed by atoms with Crippen molar-refractivity contribution in [3.8, 4) is 0 Å². The van der Waals surface area contributed by atoms with Crippen molar-refractivity contribution in [3.05, 3.63) is 77.3 Å². The fourth-order valence-electron chi connectivity index (χ4n) is 3.24. The van der Waals surface area contributed by atoms with Gasteiger partial charge in [0.1, 0.15) is 6.04 Å². The first kappa shape index (κ1) is 22.3. The van der Waals surface area contributed by atoms with Crippen molar-refractivity contribution in [2.45, 2.75) is 19.9 Å². The van der Waals surface area contributed by atoms with Crippen molar-refractivity contribution >= 4 is 45.8 Å². The highest BCUT2D eigenvalue weighted by molar-refractivity contribution is 6.33. The molecule has 0 bridgehead atoms. The molecule has 31 heavy (non-hydrogen) atoms. The van der Waals surface area contributed by atoms with E-state index in [2.05, 4.69) is 5.32 Å². The molecule has 0 aromatic heterocycles. The van der Waals surface area contributed by atoms with Crippen LogP contribution in [0.5, 0.6) is 0 Å². The van der Waals surface area contributed by atoms with Gasteiger partial charge in [0.15, 0.2) is 6.61 Å². The molecule has 160 valence electrons. The van der Waals surface area contributed by atoms with E-state index in [4.69, 9.17) is 16.3 Å². The van der Waals surface area contributed by atoms with Crippen LogP contribution in [-0.2, 0) is 14.3 Å². The number of hydrogen-bond donors (Lipinski definition) is 1. The summed E-state index contributed by atoms with van der Waals surface area (Å²) in [6.45, 7) is 3.34. The minimum absolute atomic E-state index is 0.257. The van der Waals surface area contributed by atoms with Gasteiger partial charge in [0.05, 0.1) is 16.3 Å². The van der Waals surface area contributed by atoms with Gasteiger partial charge in [0.25, 0.3) is 11.8 Å². The molecule has 0 saturated heterocycles. The average molecular weight is 439 g/mol. The topological polar surface area (TPSA) is 75.7 Å². The Morgan fingerprint density at radius 3 is 2.42 bits per heavy atom. The van der Waals surface area contributed by atoms with Gasteiger partial charge in [-0.2, -0.15) is 0 Å². The molecule has 3 aromatic carbocycles. The van der Waals surface area contributed by atoms with E-state index in [1.807, 2.05) is 49.4 Å². The van der Waals surface area contributed by atoms with Crippen LogP contribution in [-0.4, -0.2) is 37.0 Å². The van der Waals surface area contributed by atoms with E-state index >= 15 is 0 Å². The van der Waals surface area contributed by atoms with E-state index in [0.29, 0.717) is 6.54 Å². The van der Waals surface area contributed by atoms with E-state index in [1.54, 1.807) is 29.2 Å². The van der Waals surface area contributed by atoms with E-state index in [0.717, 1.165) is 16.5 Å². The van der Waals surface area contributed by atoms with Gasteiger partial charge in [0, 0.05) is 11.9 Å². The largest absolute Gasteiger partial charge is 0.454 e. The van der Waals surface area contributed by atoms with Crippen LogP contribution < -0.4 is 10.2 Å². The summed E-state index contributed by atoms with van der Waals surface area (Å²) in [7, 11) is 0. The molecule has 0 fully saturated rings. The third-order valence-electron chi connectivity index (χ3n) is 4.83. The zero-order valence-corrected chi connectivity index (χ0v) is 18.1. The number of nitrogens with zero attached hydrogens (tertiary/aromatic N) is 1. The number of ether oxygens (including phenoxy) is 1. The third-order valence-corrected chi connectivity index (χ3v) is 5.16. The first-order valence-corrected chi connectivity index (χ1v) is 10.3. The number of likely N-dealkylation sites (N-methyl/N-ethyl adjacent to an activating group) is 1. The SMILES string of the molecule is CCN(C(=O)COC(=O)C(C)NC(=O)c1ccccc1Cl)c1cccc2ccccc12. The Labute approximate surface area is 185 Å². The van der Waals surface area contributed by atoms with Crippen molar-refractivity contribution in [3.63, 3.8) is 0 Å². The van der Waals surface area contributed by atoms with Crippen molar-refractivity contribution in [2.24, 2.45) is 0 Å². The van der Waals surface area contributed by atoms with Gasteiger partial charge in [-0.1, -0.05) is 60.1 Å². The number of anilines is 1. The van der Waals surface area contributed by atoms with E-state index < -0.39 is 24.5 Å². The smallest absolute Gasteiger partial charge is 0.328 e. The summed E-state index contributed by atoms with van der Waals surface area (Å²) in [6, 6.07) is 19.1. The fraction of sp³-hybridized carbons (Fsp3) is 0.208. The van der Waals surface area contributed by atoms with Gasteiger partial charge in [-0.05, 0) is 37.4 Å². The molecule has 0 spiro atoms. The highest BCUT2D eigenvalue weighted by Crippen LogP contribution is 2.26. The Kier molecular flexibility index (Phi) is 7.26. The van der Waals surface area contributed by atoms with Crippen molar-refractivity contribution in [1.29, 1.82) is 0 Å². The third kappa shape index (κ3) is 5.22. The summed E-state index contributed by atoms with van der Waals surface area (Å²) in [6.07, 6.45) is 0. The lowest BCUT2D eigenvalue weighted by atomic mass is 10.1. The molecule has 0 aliphatic heterocycles. The van der Waals surface area contributed by atoms with Crippen LogP contribution in [0.4, 0.5) is 5.69 Å². The first-order valence-electron chi connectivity index (χ1n) is 9.92. The Hall–Kier alpha value is -3.38. The maximum absolute atomic E-state index is 12.8. The molecule has 3 aromatic rings. The maximum Gasteiger partial charge on any atom is 0.328 e. The molecule has 2 amide bonds. The molecule has 1 N–H and O–H groups in total. The van der Waals surface area contributed by atoms with Gasteiger partial charge >= 0.3 is 5.97 Å². The summed E-state index contributed by atoms with van der Waals surface area (Å²) >= 11 is 6.01. The summed E-state index contributed by atoms with van der Waals surface area (Å²) < 4.78 is 5.17. The van der Waals surface area contributed by atoms with Gasteiger partial charge in [0.2, 0.25) is 0 Å². The quantitative estimate of drug-likeness (QED) is 0.561. The number of amides is 2. The number of hydrogen-bond acceptors (Lipinski definition) is 4. The average Bonchev–Trinajstić information content (AvgIpc) is 2.78. The van der Waals surface area contributed by atoms with Crippen molar-refractivity contribution < 1.29 is 19.1 Å². The number of fused-ring (bicyclic) bond motifs is 1. The minimum Gasteiger partial charge on any atom is -0.454 e. The molecule has 0 radical (unpaired) electrons. The van der Waals surface area contributed by atoms with Gasteiger partial charge < -0.3 is 15.0 Å². The molecule has 1 atom stereocenters. The molecule has 1 unspecified atom stereocenters. The summed E-state index contributed by atoms with van der Waals surface area (Å²) in [5.41, 5.74) is 1.01. The van der Waals surface area contributed by atoms with E-state index in [9.17, 15) is 14.4 Å². The van der Waals surface area contributed by atoms with Crippen LogP contribution in [0.2, 0.25) is 5.02 Å². The van der Waals surface area contributed by atoms with Crippen LogP contribution in [0.15, 0.2) is 66.7 Å². The molecule has 0 heterocycles. The van der Waals surface area contributed by atoms with E-state index in [-0.39, 0.29) is 16.5 Å². The lowest BCUT2D eigenvalue weighted by Crippen LogP contribution is -2.41. The molecule has 7 heteroatoms. The minimum atomic E-state index is -0.941. The van der Waals surface area contributed by atoms with Gasteiger partial charge in [-0.25, -0.2) is 4.79 Å². The number of esters is 1. The summed E-state index contributed by atoms with van der Waals surface area (Å²) in [4.78, 5) is 39.0. The number of carbonyl (C=O) groups is 3. The lowest BCUT2D eigenvalue weighted by molar-refractivity contribution is -0.149. The van der Waals surface area contributed by atoms with Gasteiger partial charge in [-0.15, -0.1) is 0 Å². The standard InChI is InChI=1S/C24H23ClN2O4/c1-3-27(21-14-8-10-17-9-4-5-11-18(17)21)22(28)15-31-24(30)16(2)26-23(29)19-12-6-7-13-20(19)25/h4-14,16H,3,15H2,1-2H3,(H,26,29). The summed E-state index contributed by atoms with van der Waals surface area (Å²) in [5, 5.41) is 4.77. The number of halogens is 1. The number of benzene rings is 3. The predicted molar refractivity (Wildman–Crippen MR) is 121 cm³/mol. The lowest BCUT2D eigenvalue weighted by Gasteiger charge is -2.23. The Morgan fingerprint density at radius 2 is 1.68 bits per heavy atom. The predicted octanol–water partition coefficient (Wildman–Crippen LogP) is 4.21. The second-order valence-electron chi connectivity index (χ2n) is 6.92. The fourth-order valence-corrected chi connectivity index (χ4v) is 3.46. The second-order valence-corrected chi connectivity index (χ2v) is 7.33. The zero-order valence-electron chi connectivity index (χ0n) is 17.3. The van der Waals surface area contributed by atoms with Crippen LogP contribution in [0, 0.1) is 0 Å². The molecular formula is C24H23ClN2O4. The molecule has 0 saturated carbocycles. The molecule has 3 rings (SSSR count). The summed E-state index contributed by atoms with van der Waals surface area (Å²) in [5.74, 6) is -1.55. The number of nitrogens with one attached hydrogen (secondary N) is 1. The highest BCUT2D eigenvalue weighted by Gasteiger charge is 2.22. The van der Waals surface area contributed by atoms with Crippen LogP contribution in [0.1, 0.15) is 24.2 Å². The van der Waals surface area contributed by atoms with Crippen LogP contribution in [0.25, 0.3) is 10.8 Å². The highest BCUT2D eigenvalue weighted by atomic mass is 35.5. The monoisotopic (exact) mass is 438 g/mol. The Morgan fingerprint density at radius 1 is 1.00 bits per heavy atom. The Balaban J connectivity index is 1.62. The molecule has 0 aliphatic carbocycles. The van der Waals surface area contributed by atoms with Crippen molar-refractivity contribution in [1.82, 2.24) is 5.32 Å².